The summed E-state index contributed by atoms with van der Waals surface area (Å²) in [4.78, 5) is 40.8. The Labute approximate surface area is 207 Å². The molecule has 4 aromatic rings. The number of aromatic nitrogens is 4. The lowest BCUT2D eigenvalue weighted by atomic mass is 9.98. The summed E-state index contributed by atoms with van der Waals surface area (Å²) in [5.41, 5.74) is 5.46. The van der Waals surface area contributed by atoms with Gasteiger partial charge >= 0.3 is 0 Å². The first-order valence-corrected chi connectivity index (χ1v) is 12.6. The Hall–Kier alpha value is -3.72. The third kappa shape index (κ3) is 3.33. The molecule has 2 aliphatic heterocycles. The number of fused-ring (bicyclic) bond motifs is 4. The Morgan fingerprint density at radius 3 is 2.67 bits per heavy atom. The lowest BCUT2D eigenvalue weighted by Gasteiger charge is -2.22. The second kappa shape index (κ2) is 8.16. The van der Waals surface area contributed by atoms with Gasteiger partial charge in [-0.2, -0.15) is 0 Å². The molecular formula is C27H27N5O4. The van der Waals surface area contributed by atoms with Crippen LogP contribution in [0.4, 0.5) is 5.69 Å². The van der Waals surface area contributed by atoms with E-state index in [1.807, 2.05) is 16.5 Å². The zero-order valence-electron chi connectivity index (χ0n) is 20.1. The second-order valence-electron chi connectivity index (χ2n) is 9.97. The number of methoxy groups -OCH3 is 1. The number of hydrogen-bond acceptors (Lipinski definition) is 6. The molecule has 0 atom stereocenters. The van der Waals surface area contributed by atoms with Gasteiger partial charge in [0.05, 0.1) is 36.2 Å². The maximum atomic E-state index is 13.9. The van der Waals surface area contributed by atoms with Crippen molar-refractivity contribution in [1.82, 2.24) is 19.4 Å². The molecule has 9 heteroatoms. The lowest BCUT2D eigenvalue weighted by molar-refractivity contribution is 0.0835. The number of anilines is 1. The Morgan fingerprint density at radius 1 is 1.06 bits per heavy atom. The van der Waals surface area contributed by atoms with E-state index in [0.717, 1.165) is 60.3 Å². The van der Waals surface area contributed by atoms with Crippen molar-refractivity contribution in [2.45, 2.75) is 43.9 Å². The Bertz CT molecular complexity index is 1580. The minimum Gasteiger partial charge on any atom is -0.481 e. The number of carbonyl (C=O) groups excluding carboxylic acids is 1. The van der Waals surface area contributed by atoms with Gasteiger partial charge in [0.2, 0.25) is 5.88 Å². The molecule has 0 bridgehead atoms. The molecule has 9 nitrogen and oxygen atoms in total. The number of hydrogen-bond donors (Lipinski definition) is 1. The monoisotopic (exact) mass is 485 g/mol. The third-order valence-electron chi connectivity index (χ3n) is 7.80. The standard InChI is InChI=1S/C27H27N5O4/c1-35-24-10-17-4-7-31(22(17)13-28-24)27(34)19-11-20-21(12-18(19)15-2-3-15)32-23(26(33)30-20)14-29-25(32)16-5-8-36-9-6-16/h10-16H,2-9H2,1H3,(H,30,33). The van der Waals surface area contributed by atoms with Gasteiger partial charge in [-0.25, -0.2) is 9.97 Å². The summed E-state index contributed by atoms with van der Waals surface area (Å²) in [6.45, 7) is 1.99. The molecule has 0 spiro atoms. The van der Waals surface area contributed by atoms with Gasteiger partial charge in [-0.15, -0.1) is 0 Å². The van der Waals surface area contributed by atoms with Gasteiger partial charge in [0, 0.05) is 37.3 Å². The number of H-pyrrole nitrogens is 1. The highest BCUT2D eigenvalue weighted by molar-refractivity contribution is 6.10. The highest BCUT2D eigenvalue weighted by atomic mass is 16.5. The molecule has 3 aromatic heterocycles. The van der Waals surface area contributed by atoms with Crippen LogP contribution in [0.2, 0.25) is 0 Å². The number of ether oxygens (including phenoxy) is 2. The van der Waals surface area contributed by atoms with E-state index in [-0.39, 0.29) is 17.4 Å². The van der Waals surface area contributed by atoms with Gasteiger partial charge in [-0.3, -0.25) is 14.0 Å². The van der Waals surface area contributed by atoms with Crippen molar-refractivity contribution in [3.05, 3.63) is 63.5 Å². The number of nitrogens with zero attached hydrogens (tertiary/aromatic N) is 4. The van der Waals surface area contributed by atoms with Crippen LogP contribution in [0.25, 0.3) is 16.6 Å². The average Bonchev–Trinajstić information content (AvgIpc) is 3.51. The molecule has 2 fully saturated rings. The fraction of sp³-hybridized carbons (Fsp3) is 0.407. The summed E-state index contributed by atoms with van der Waals surface area (Å²) < 4.78 is 12.8. The maximum absolute atomic E-state index is 13.9. The van der Waals surface area contributed by atoms with Gasteiger partial charge in [0.1, 0.15) is 11.3 Å². The van der Waals surface area contributed by atoms with Gasteiger partial charge in [-0.1, -0.05) is 0 Å². The summed E-state index contributed by atoms with van der Waals surface area (Å²) >= 11 is 0. The van der Waals surface area contributed by atoms with Crippen molar-refractivity contribution < 1.29 is 14.3 Å². The highest BCUT2D eigenvalue weighted by Crippen LogP contribution is 2.44. The molecule has 184 valence electrons. The quantitative estimate of drug-likeness (QED) is 0.474. The third-order valence-corrected chi connectivity index (χ3v) is 7.80. The molecule has 1 saturated carbocycles. The van der Waals surface area contributed by atoms with E-state index < -0.39 is 0 Å². The van der Waals surface area contributed by atoms with Gasteiger partial charge in [0.15, 0.2) is 0 Å². The normalized spacial score (nSPS) is 18.2. The minimum absolute atomic E-state index is 0.0549. The summed E-state index contributed by atoms with van der Waals surface area (Å²) in [5.74, 6) is 1.98. The molecule has 7 rings (SSSR count). The van der Waals surface area contributed by atoms with Crippen LogP contribution in [-0.2, 0) is 11.2 Å². The second-order valence-corrected chi connectivity index (χ2v) is 9.97. The minimum atomic E-state index is -0.200. The molecule has 0 radical (unpaired) electrons. The first kappa shape index (κ1) is 21.6. The molecule has 36 heavy (non-hydrogen) atoms. The van der Waals surface area contributed by atoms with E-state index in [1.165, 1.54) is 0 Å². The zero-order chi connectivity index (χ0) is 24.4. The van der Waals surface area contributed by atoms with E-state index in [1.54, 1.807) is 24.4 Å². The number of pyridine rings is 1. The summed E-state index contributed by atoms with van der Waals surface area (Å²) in [6.07, 6.45) is 8.02. The molecule has 0 unspecified atom stereocenters. The topological polar surface area (TPSA) is 102 Å². The van der Waals surface area contributed by atoms with Crippen LogP contribution < -0.4 is 15.2 Å². The molecule has 1 aromatic carbocycles. The highest BCUT2D eigenvalue weighted by Gasteiger charge is 2.34. The van der Waals surface area contributed by atoms with Crippen molar-refractivity contribution in [3.63, 3.8) is 0 Å². The van der Waals surface area contributed by atoms with E-state index in [0.29, 0.717) is 48.2 Å². The number of nitrogens with one attached hydrogen (secondary N) is 1. The van der Waals surface area contributed by atoms with Gasteiger partial charge in [0.25, 0.3) is 11.5 Å². The average molecular weight is 486 g/mol. The van der Waals surface area contributed by atoms with Crippen LogP contribution in [-0.4, -0.2) is 52.1 Å². The van der Waals surface area contributed by atoms with Crippen molar-refractivity contribution >= 4 is 28.1 Å². The zero-order valence-corrected chi connectivity index (χ0v) is 20.1. The van der Waals surface area contributed by atoms with E-state index in [4.69, 9.17) is 9.47 Å². The number of amides is 1. The number of aromatic amines is 1. The van der Waals surface area contributed by atoms with Crippen molar-refractivity contribution in [2.24, 2.45) is 0 Å². The van der Waals surface area contributed by atoms with Gasteiger partial charge < -0.3 is 19.4 Å². The van der Waals surface area contributed by atoms with Crippen LogP contribution in [0, 0.1) is 0 Å². The van der Waals surface area contributed by atoms with Crippen LogP contribution >= 0.6 is 0 Å². The summed E-state index contributed by atoms with van der Waals surface area (Å²) in [7, 11) is 1.59. The number of rotatable bonds is 4. The van der Waals surface area contributed by atoms with E-state index in [9.17, 15) is 9.59 Å². The first-order valence-electron chi connectivity index (χ1n) is 12.6. The molecule has 1 amide bonds. The Balaban J connectivity index is 1.38. The van der Waals surface area contributed by atoms with Crippen molar-refractivity contribution in [3.8, 4) is 5.88 Å². The Kier molecular flexibility index (Phi) is 4.89. The van der Waals surface area contributed by atoms with Crippen LogP contribution in [0.15, 0.2) is 35.4 Å². The predicted molar refractivity (Wildman–Crippen MR) is 134 cm³/mol. The fourth-order valence-electron chi connectivity index (χ4n) is 5.75. The molecule has 3 aliphatic rings. The summed E-state index contributed by atoms with van der Waals surface area (Å²) in [6, 6.07) is 5.88. The Morgan fingerprint density at radius 2 is 1.89 bits per heavy atom. The maximum Gasteiger partial charge on any atom is 0.274 e. The number of carbonyl (C=O) groups is 1. The predicted octanol–water partition coefficient (Wildman–Crippen LogP) is 3.55. The van der Waals surface area contributed by atoms with Crippen LogP contribution in [0.3, 0.4) is 0 Å². The SMILES string of the molecule is COc1cc2c(cn1)N(C(=O)c1cc3[nH]c(=O)c4cnc(C5CCOCC5)n4c3cc1C1CC1)CC2. The first-order chi connectivity index (χ1) is 17.6. The fourth-order valence-corrected chi connectivity index (χ4v) is 5.75. The lowest BCUT2D eigenvalue weighted by Crippen LogP contribution is -2.30. The van der Waals surface area contributed by atoms with Crippen LogP contribution in [0.5, 0.6) is 5.88 Å². The summed E-state index contributed by atoms with van der Waals surface area (Å²) in [5, 5.41) is 0. The largest absolute Gasteiger partial charge is 0.481 e. The van der Waals surface area contributed by atoms with Crippen LogP contribution in [0.1, 0.15) is 64.8 Å². The van der Waals surface area contributed by atoms with Gasteiger partial charge in [-0.05, 0) is 61.3 Å². The van der Waals surface area contributed by atoms with E-state index >= 15 is 0 Å². The number of imidazole rings is 1. The van der Waals surface area contributed by atoms with Crippen molar-refractivity contribution in [1.29, 1.82) is 0 Å². The number of benzene rings is 1. The molecule has 1 saturated heterocycles. The van der Waals surface area contributed by atoms with Crippen molar-refractivity contribution in [2.75, 3.05) is 31.8 Å². The molecule has 1 aliphatic carbocycles. The molecule has 5 heterocycles. The molecular weight excluding hydrogens is 458 g/mol. The van der Waals surface area contributed by atoms with E-state index in [2.05, 4.69) is 21.0 Å². The molecule has 1 N–H and O–H groups in total. The smallest absolute Gasteiger partial charge is 0.274 e.